The molecule has 20 heavy (non-hydrogen) atoms. The van der Waals surface area contributed by atoms with E-state index in [4.69, 9.17) is 0 Å². The lowest BCUT2D eigenvalue weighted by Crippen LogP contribution is -2.57. The second-order valence-corrected chi connectivity index (χ2v) is 6.93. The Morgan fingerprint density at radius 2 is 2.10 bits per heavy atom. The number of rotatable bonds is 2. The number of piperazine rings is 1. The summed E-state index contributed by atoms with van der Waals surface area (Å²) in [5.41, 5.74) is 4.93. The fourth-order valence-electron chi connectivity index (χ4n) is 3.48. The topological polar surface area (TPSA) is 18.5 Å². The van der Waals surface area contributed by atoms with Crippen LogP contribution in [-0.4, -0.2) is 48.6 Å². The molecule has 0 atom stereocenters. The smallest absolute Gasteiger partial charge is 0.0277 e. The third-order valence-corrected chi connectivity index (χ3v) is 5.03. The lowest BCUT2D eigenvalue weighted by Gasteiger charge is -2.45. The number of hydrogen-bond acceptors (Lipinski definition) is 3. The zero-order chi connectivity index (χ0) is 14.2. The highest BCUT2D eigenvalue weighted by atomic mass is 15.3. The number of nitrogens with one attached hydrogen (secondary N) is 1. The lowest BCUT2D eigenvalue weighted by atomic mass is 9.94. The van der Waals surface area contributed by atoms with Gasteiger partial charge < -0.3 is 5.32 Å². The molecule has 1 aromatic rings. The van der Waals surface area contributed by atoms with Crippen molar-refractivity contribution in [2.45, 2.75) is 38.9 Å². The second-order valence-electron chi connectivity index (χ2n) is 6.93. The van der Waals surface area contributed by atoms with Crippen molar-refractivity contribution >= 4 is 0 Å². The molecule has 0 aromatic heterocycles. The summed E-state index contributed by atoms with van der Waals surface area (Å²) in [4.78, 5) is 5.10. The number of nitrogens with zero attached hydrogens (tertiary/aromatic N) is 2. The van der Waals surface area contributed by atoms with Crippen LogP contribution in [0, 0.1) is 0 Å². The molecule has 0 unspecified atom stereocenters. The van der Waals surface area contributed by atoms with Gasteiger partial charge in [0.1, 0.15) is 0 Å². The third-order valence-electron chi connectivity index (χ3n) is 5.03. The summed E-state index contributed by atoms with van der Waals surface area (Å²) < 4.78 is 0. The first-order valence-corrected chi connectivity index (χ1v) is 7.80. The number of benzene rings is 1. The molecule has 1 N–H and O–H groups in total. The molecule has 3 heteroatoms. The van der Waals surface area contributed by atoms with Crippen LogP contribution in [0.4, 0.5) is 0 Å². The van der Waals surface area contributed by atoms with Crippen molar-refractivity contribution in [2.75, 3.05) is 33.2 Å². The Bertz CT molecular complexity index is 481. The molecule has 2 aliphatic heterocycles. The molecule has 1 fully saturated rings. The van der Waals surface area contributed by atoms with E-state index in [0.717, 1.165) is 26.2 Å². The molecule has 2 aliphatic rings. The first-order chi connectivity index (χ1) is 9.56. The quantitative estimate of drug-likeness (QED) is 0.887. The zero-order valence-electron chi connectivity index (χ0n) is 13.1. The Morgan fingerprint density at radius 1 is 1.25 bits per heavy atom. The van der Waals surface area contributed by atoms with E-state index in [9.17, 15) is 0 Å². The summed E-state index contributed by atoms with van der Waals surface area (Å²) in [6.45, 7) is 11.5. The maximum atomic E-state index is 3.47. The van der Waals surface area contributed by atoms with E-state index in [-0.39, 0.29) is 5.54 Å². The van der Waals surface area contributed by atoms with E-state index in [0.29, 0.717) is 0 Å². The summed E-state index contributed by atoms with van der Waals surface area (Å²) in [5.74, 6) is 0. The van der Waals surface area contributed by atoms with Gasteiger partial charge in [-0.2, -0.15) is 0 Å². The van der Waals surface area contributed by atoms with Crippen molar-refractivity contribution in [2.24, 2.45) is 0 Å². The largest absolute Gasteiger partial charge is 0.312 e. The van der Waals surface area contributed by atoms with Gasteiger partial charge in [0.05, 0.1) is 0 Å². The summed E-state index contributed by atoms with van der Waals surface area (Å²) in [5, 5.41) is 3.47. The lowest BCUT2D eigenvalue weighted by molar-refractivity contribution is 0.0358. The fourth-order valence-corrected chi connectivity index (χ4v) is 3.48. The van der Waals surface area contributed by atoms with Crippen LogP contribution in [0.3, 0.4) is 0 Å². The molecule has 0 aliphatic carbocycles. The molecule has 3 rings (SSSR count). The van der Waals surface area contributed by atoms with Crippen LogP contribution < -0.4 is 5.32 Å². The fraction of sp³-hybridized carbons (Fsp3) is 0.647. The van der Waals surface area contributed by atoms with Gasteiger partial charge in [-0.25, -0.2) is 0 Å². The maximum Gasteiger partial charge on any atom is 0.0277 e. The maximum absolute atomic E-state index is 3.47. The molecule has 0 bridgehead atoms. The molecule has 1 aromatic carbocycles. The minimum atomic E-state index is 0.286. The molecule has 3 nitrogen and oxygen atoms in total. The summed E-state index contributed by atoms with van der Waals surface area (Å²) in [6, 6.07) is 6.83. The van der Waals surface area contributed by atoms with Gasteiger partial charge in [0.2, 0.25) is 0 Å². The average molecular weight is 273 g/mol. The summed E-state index contributed by atoms with van der Waals surface area (Å²) in [7, 11) is 2.24. The Hall–Kier alpha value is -0.900. The van der Waals surface area contributed by atoms with Gasteiger partial charge in [-0.3, -0.25) is 9.80 Å². The predicted molar refractivity (Wildman–Crippen MR) is 83.8 cm³/mol. The van der Waals surface area contributed by atoms with E-state index in [1.165, 1.54) is 25.1 Å². The first-order valence-electron chi connectivity index (χ1n) is 7.80. The third kappa shape index (κ3) is 2.76. The van der Waals surface area contributed by atoms with E-state index in [1.807, 2.05) is 0 Å². The molecular weight excluding hydrogens is 246 g/mol. The monoisotopic (exact) mass is 273 g/mol. The van der Waals surface area contributed by atoms with Crippen molar-refractivity contribution in [3.8, 4) is 0 Å². The highest BCUT2D eigenvalue weighted by Crippen LogP contribution is 2.24. The van der Waals surface area contributed by atoms with Gasteiger partial charge >= 0.3 is 0 Å². The van der Waals surface area contributed by atoms with E-state index in [1.54, 1.807) is 11.1 Å². The second kappa shape index (κ2) is 5.47. The number of hydrogen-bond donors (Lipinski definition) is 1. The van der Waals surface area contributed by atoms with Crippen LogP contribution in [0.2, 0.25) is 0 Å². The van der Waals surface area contributed by atoms with E-state index >= 15 is 0 Å². The molecule has 0 spiro atoms. The molecule has 2 heterocycles. The van der Waals surface area contributed by atoms with Gasteiger partial charge in [0.25, 0.3) is 0 Å². The first kappa shape index (κ1) is 14.1. The predicted octanol–water partition coefficient (Wildman–Crippen LogP) is 1.86. The van der Waals surface area contributed by atoms with Crippen molar-refractivity contribution in [1.29, 1.82) is 0 Å². The highest BCUT2D eigenvalue weighted by molar-refractivity contribution is 5.37. The van der Waals surface area contributed by atoms with Crippen LogP contribution in [0.25, 0.3) is 0 Å². The van der Waals surface area contributed by atoms with Gasteiger partial charge in [-0.15, -0.1) is 0 Å². The summed E-state index contributed by atoms with van der Waals surface area (Å²) in [6.07, 6.45) is 1.18. The SMILES string of the molecule is CN1CCN(Cc2cccc3c2CCNC3)CC1(C)C. The Balaban J connectivity index is 1.75. The van der Waals surface area contributed by atoms with Crippen LogP contribution in [0.5, 0.6) is 0 Å². The van der Waals surface area contributed by atoms with Gasteiger partial charge in [-0.1, -0.05) is 18.2 Å². The molecule has 0 radical (unpaired) electrons. The number of fused-ring (bicyclic) bond motifs is 1. The van der Waals surface area contributed by atoms with Crippen molar-refractivity contribution in [3.05, 3.63) is 34.9 Å². The minimum absolute atomic E-state index is 0.286. The molecule has 0 saturated carbocycles. The average Bonchev–Trinajstić information content (AvgIpc) is 2.43. The van der Waals surface area contributed by atoms with Crippen LogP contribution in [-0.2, 0) is 19.5 Å². The van der Waals surface area contributed by atoms with Gasteiger partial charge in [0.15, 0.2) is 0 Å². The van der Waals surface area contributed by atoms with E-state index in [2.05, 4.69) is 54.2 Å². The standard InChI is InChI=1S/C17H27N3/c1-17(2)13-20(10-9-19(17)3)12-15-6-4-5-14-11-18-8-7-16(14)15/h4-6,18H,7-13H2,1-3H3. The van der Waals surface area contributed by atoms with Crippen LogP contribution >= 0.6 is 0 Å². The van der Waals surface area contributed by atoms with Gasteiger partial charge in [-0.05, 0) is 50.6 Å². The van der Waals surface area contributed by atoms with Crippen LogP contribution in [0.15, 0.2) is 18.2 Å². The van der Waals surface area contributed by atoms with E-state index < -0.39 is 0 Å². The highest BCUT2D eigenvalue weighted by Gasteiger charge is 2.31. The number of likely N-dealkylation sites (N-methyl/N-ethyl adjacent to an activating group) is 1. The Kier molecular flexibility index (Phi) is 3.85. The van der Waals surface area contributed by atoms with Crippen molar-refractivity contribution in [3.63, 3.8) is 0 Å². The zero-order valence-corrected chi connectivity index (χ0v) is 13.1. The van der Waals surface area contributed by atoms with Gasteiger partial charge in [0, 0.05) is 38.3 Å². The molecule has 0 amide bonds. The minimum Gasteiger partial charge on any atom is -0.312 e. The molecule has 1 saturated heterocycles. The Labute approximate surface area is 123 Å². The van der Waals surface area contributed by atoms with Crippen molar-refractivity contribution in [1.82, 2.24) is 15.1 Å². The molecular formula is C17H27N3. The normalized spacial score (nSPS) is 23.6. The summed E-state index contributed by atoms with van der Waals surface area (Å²) >= 11 is 0. The van der Waals surface area contributed by atoms with Crippen molar-refractivity contribution < 1.29 is 0 Å². The van der Waals surface area contributed by atoms with Crippen LogP contribution in [0.1, 0.15) is 30.5 Å². The molecule has 110 valence electrons. The Morgan fingerprint density at radius 3 is 2.90 bits per heavy atom.